The van der Waals surface area contributed by atoms with Crippen molar-refractivity contribution in [2.24, 2.45) is 0 Å². The molecule has 1 atom stereocenters. The van der Waals surface area contributed by atoms with Crippen LogP contribution in [0.5, 0.6) is 17.4 Å². The number of hydrogen-bond donors (Lipinski definition) is 0. The first-order chi connectivity index (χ1) is 14.4. The predicted octanol–water partition coefficient (Wildman–Crippen LogP) is 3.46. The van der Waals surface area contributed by atoms with Gasteiger partial charge < -0.3 is 14.4 Å². The molecular formula is C22H19FN4O3. The van der Waals surface area contributed by atoms with E-state index in [0.717, 1.165) is 11.4 Å². The van der Waals surface area contributed by atoms with E-state index < -0.39 is 0 Å². The normalized spacial score (nSPS) is 14.9. The van der Waals surface area contributed by atoms with Gasteiger partial charge in [0.25, 0.3) is 0 Å². The first-order valence-corrected chi connectivity index (χ1v) is 9.38. The van der Waals surface area contributed by atoms with Crippen molar-refractivity contribution in [1.82, 2.24) is 9.55 Å². The number of fused-ring (bicyclic) bond motifs is 1. The van der Waals surface area contributed by atoms with Crippen LogP contribution in [-0.2, 0) is 13.2 Å². The molecule has 0 aliphatic carbocycles. The number of hydrogen-bond acceptors (Lipinski definition) is 6. The molecular weight excluding hydrogens is 387 g/mol. The Labute approximate surface area is 172 Å². The molecule has 3 aromatic rings. The summed E-state index contributed by atoms with van der Waals surface area (Å²) in [4.78, 5) is 18.2. The van der Waals surface area contributed by atoms with Crippen molar-refractivity contribution in [3.05, 3.63) is 76.0 Å². The van der Waals surface area contributed by atoms with Crippen molar-refractivity contribution in [2.45, 2.75) is 26.1 Å². The third-order valence-electron chi connectivity index (χ3n) is 5.03. The van der Waals surface area contributed by atoms with Gasteiger partial charge in [-0.1, -0.05) is 6.07 Å². The van der Waals surface area contributed by atoms with Gasteiger partial charge in [0.2, 0.25) is 5.88 Å². The third-order valence-corrected chi connectivity index (χ3v) is 5.03. The van der Waals surface area contributed by atoms with Gasteiger partial charge in [0.05, 0.1) is 5.56 Å². The molecule has 8 heteroatoms. The van der Waals surface area contributed by atoms with Crippen molar-refractivity contribution in [2.75, 3.05) is 11.9 Å². The lowest BCUT2D eigenvalue weighted by molar-refractivity contribution is 0.291. The van der Waals surface area contributed by atoms with Crippen LogP contribution in [-0.4, -0.2) is 22.6 Å². The minimum Gasteiger partial charge on any atom is -0.473 e. The lowest BCUT2D eigenvalue weighted by atomic mass is 10.1. The fourth-order valence-electron chi connectivity index (χ4n) is 3.25. The number of nitriles is 1. The molecule has 0 saturated heterocycles. The number of likely N-dealkylation sites (N-methyl/N-ethyl adjacent to an activating group) is 1. The number of rotatable bonds is 5. The van der Waals surface area contributed by atoms with Crippen LogP contribution in [0, 0.1) is 17.1 Å². The Morgan fingerprint density at radius 1 is 1.23 bits per heavy atom. The standard InChI is InChI=1S/C22H19FN4O3/c1-14-12-27-21(26(14)2)10-20(25-22(27)28)29-13-15-3-8-19(16(9-15)11-24)30-18-6-4-17(23)5-7-18/h3-10,14H,12-13H2,1-2H3. The average molecular weight is 406 g/mol. The van der Waals surface area contributed by atoms with E-state index >= 15 is 0 Å². The summed E-state index contributed by atoms with van der Waals surface area (Å²) in [7, 11) is 1.92. The van der Waals surface area contributed by atoms with Crippen LogP contribution in [0.4, 0.5) is 10.2 Å². The second-order valence-corrected chi connectivity index (χ2v) is 7.09. The van der Waals surface area contributed by atoms with E-state index in [9.17, 15) is 14.4 Å². The fraction of sp³-hybridized carbons (Fsp3) is 0.227. The molecule has 0 fully saturated rings. The summed E-state index contributed by atoms with van der Waals surface area (Å²) in [6.07, 6.45) is 0. The summed E-state index contributed by atoms with van der Waals surface area (Å²) >= 11 is 0. The molecule has 152 valence electrons. The first-order valence-electron chi connectivity index (χ1n) is 9.38. The van der Waals surface area contributed by atoms with Crippen molar-refractivity contribution in [3.63, 3.8) is 0 Å². The Morgan fingerprint density at radius 3 is 2.73 bits per heavy atom. The van der Waals surface area contributed by atoms with E-state index in [1.54, 1.807) is 28.8 Å². The van der Waals surface area contributed by atoms with Gasteiger partial charge in [0.15, 0.2) is 0 Å². The SMILES string of the molecule is CC1Cn2c(cc(OCc3ccc(Oc4ccc(F)cc4)c(C#N)c3)nc2=O)N1C. The van der Waals surface area contributed by atoms with Gasteiger partial charge >= 0.3 is 5.69 Å². The molecule has 0 radical (unpaired) electrons. The zero-order valence-electron chi connectivity index (χ0n) is 16.5. The smallest absolute Gasteiger partial charge is 0.352 e. The van der Waals surface area contributed by atoms with Crippen molar-refractivity contribution in [3.8, 4) is 23.4 Å². The van der Waals surface area contributed by atoms with E-state index in [1.165, 1.54) is 24.3 Å². The summed E-state index contributed by atoms with van der Waals surface area (Å²) in [5, 5.41) is 9.45. The van der Waals surface area contributed by atoms with E-state index in [-0.39, 0.29) is 30.0 Å². The Balaban J connectivity index is 1.50. The molecule has 7 nitrogen and oxygen atoms in total. The molecule has 2 heterocycles. The summed E-state index contributed by atoms with van der Waals surface area (Å²) in [6, 6.07) is 14.6. The molecule has 1 aliphatic rings. The molecule has 0 N–H and O–H groups in total. The average Bonchev–Trinajstić information content (AvgIpc) is 3.03. The van der Waals surface area contributed by atoms with Gasteiger partial charge in [0.1, 0.15) is 35.8 Å². The van der Waals surface area contributed by atoms with Gasteiger partial charge in [-0.3, -0.25) is 4.57 Å². The highest BCUT2D eigenvalue weighted by Crippen LogP contribution is 2.27. The maximum absolute atomic E-state index is 13.0. The Bertz CT molecular complexity index is 1180. The maximum atomic E-state index is 13.0. The number of aromatic nitrogens is 2. The lowest BCUT2D eigenvalue weighted by Gasteiger charge is -2.16. The minimum atomic E-state index is -0.365. The van der Waals surface area contributed by atoms with Crippen molar-refractivity contribution < 1.29 is 13.9 Å². The number of nitrogens with zero attached hydrogens (tertiary/aromatic N) is 4. The molecule has 0 bridgehead atoms. The summed E-state index contributed by atoms with van der Waals surface area (Å²) in [5.41, 5.74) is 0.692. The summed E-state index contributed by atoms with van der Waals surface area (Å²) in [6.45, 7) is 2.77. The first kappa shape index (κ1) is 19.5. The van der Waals surface area contributed by atoms with E-state index in [4.69, 9.17) is 9.47 Å². The minimum absolute atomic E-state index is 0.140. The van der Waals surface area contributed by atoms with Gasteiger partial charge in [-0.05, 0) is 48.9 Å². The molecule has 1 aliphatic heterocycles. The van der Waals surface area contributed by atoms with Crippen LogP contribution in [0.15, 0.2) is 53.3 Å². The molecule has 0 amide bonds. The molecule has 2 aromatic carbocycles. The van der Waals surface area contributed by atoms with Crippen molar-refractivity contribution in [1.29, 1.82) is 5.26 Å². The Morgan fingerprint density at radius 2 is 2.00 bits per heavy atom. The molecule has 30 heavy (non-hydrogen) atoms. The fourth-order valence-corrected chi connectivity index (χ4v) is 3.25. The predicted molar refractivity (Wildman–Crippen MR) is 108 cm³/mol. The Hall–Kier alpha value is -3.86. The van der Waals surface area contributed by atoms with Crippen LogP contribution < -0.4 is 20.1 Å². The van der Waals surface area contributed by atoms with Crippen LogP contribution in [0.1, 0.15) is 18.1 Å². The monoisotopic (exact) mass is 406 g/mol. The van der Waals surface area contributed by atoms with Crippen LogP contribution >= 0.6 is 0 Å². The topological polar surface area (TPSA) is 80.4 Å². The zero-order chi connectivity index (χ0) is 21.3. The summed E-state index contributed by atoms with van der Waals surface area (Å²) < 4.78 is 26.0. The van der Waals surface area contributed by atoms with E-state index in [0.29, 0.717) is 23.6 Å². The maximum Gasteiger partial charge on any atom is 0.352 e. The van der Waals surface area contributed by atoms with Crippen molar-refractivity contribution >= 4 is 5.82 Å². The van der Waals surface area contributed by atoms with Crippen LogP contribution in [0.3, 0.4) is 0 Å². The highest BCUT2D eigenvalue weighted by molar-refractivity contribution is 5.48. The van der Waals surface area contributed by atoms with Crippen LogP contribution in [0.2, 0.25) is 0 Å². The molecule has 1 aromatic heterocycles. The number of ether oxygens (including phenoxy) is 2. The second kappa shape index (κ2) is 7.87. The second-order valence-electron chi connectivity index (χ2n) is 7.09. The van der Waals surface area contributed by atoms with Gasteiger partial charge in [0, 0.05) is 25.7 Å². The van der Waals surface area contributed by atoms with Gasteiger partial charge in [-0.25, -0.2) is 9.18 Å². The molecule has 0 spiro atoms. The van der Waals surface area contributed by atoms with Gasteiger partial charge in [-0.15, -0.1) is 0 Å². The van der Waals surface area contributed by atoms with E-state index in [1.807, 2.05) is 18.9 Å². The largest absolute Gasteiger partial charge is 0.473 e. The Kier molecular flexibility index (Phi) is 5.11. The molecule has 1 unspecified atom stereocenters. The highest BCUT2D eigenvalue weighted by atomic mass is 19.1. The quantitative estimate of drug-likeness (QED) is 0.646. The third kappa shape index (κ3) is 3.82. The highest BCUT2D eigenvalue weighted by Gasteiger charge is 2.25. The number of anilines is 1. The van der Waals surface area contributed by atoms with Crippen LogP contribution in [0.25, 0.3) is 0 Å². The molecule has 4 rings (SSSR count). The van der Waals surface area contributed by atoms with E-state index in [2.05, 4.69) is 11.1 Å². The zero-order valence-corrected chi connectivity index (χ0v) is 16.5. The lowest BCUT2D eigenvalue weighted by Crippen LogP contribution is -2.23. The number of benzene rings is 2. The van der Waals surface area contributed by atoms with Gasteiger partial charge in [-0.2, -0.15) is 10.2 Å². The number of halogens is 1. The molecule has 0 saturated carbocycles. The summed E-state index contributed by atoms with van der Waals surface area (Å²) in [5.74, 6) is 1.42.